The smallest absolute Gasteiger partial charge is 0.252 e. The van der Waals surface area contributed by atoms with Crippen LogP contribution in [0.2, 0.25) is 0 Å². The Morgan fingerprint density at radius 1 is 0.292 bits per heavy atom. The van der Waals surface area contributed by atoms with Crippen LogP contribution in [-0.2, 0) is 0 Å². The van der Waals surface area contributed by atoms with Crippen molar-refractivity contribution < 1.29 is 35.1 Å². The average Bonchev–Trinajstić information content (AvgIpc) is 0.697. The molecule has 12 aromatic rings. The van der Waals surface area contributed by atoms with Crippen molar-refractivity contribution in [3.63, 3.8) is 0 Å². The van der Waals surface area contributed by atoms with Gasteiger partial charge in [-0.2, -0.15) is 0 Å². The van der Waals surface area contributed by atoms with E-state index in [1.807, 2.05) is 79.7 Å². The van der Waals surface area contributed by atoms with Gasteiger partial charge >= 0.3 is 0 Å². The maximum Gasteiger partial charge on any atom is 0.252 e. The molecule has 89 heavy (non-hydrogen) atoms. The van der Waals surface area contributed by atoms with E-state index >= 15 is 35.1 Å². The highest BCUT2D eigenvalue weighted by atomic mass is 32.2. The molecule has 5 nitrogen and oxygen atoms in total. The molecule has 0 amide bonds. The van der Waals surface area contributed by atoms with Crippen LogP contribution in [0.4, 0.5) is 120 Å². The molecule has 0 saturated carbocycles. The number of nitrogens with zero attached hydrogens (tertiary/aromatic N) is 5. The standard InChI is InChI=1S/C73H43B2F8N5S/c1-42-18-8-11-33-59(42)86-62-41-66-50(75-48-24-10-13-35-61(48)88(73-57(82)31-17-32-58(73)83)65-38-46(39-67(89-66)69(65)75)85(44-21-6-3-7-22-44)71-53(78)27-15-28-54(71)79)40-49(62)74-47-23-9-12-34-60(47)87(72-55(80)29-16-30-56(72)81)64-37-45(36-63(86)68(64)74)84(43-19-4-2-5-20-43)70-51(76)25-14-26-52(70)77/h2-41H,1H3. The molecule has 428 valence electrons. The number of rotatable bonds is 9. The van der Waals surface area contributed by atoms with Crippen LogP contribution in [0.3, 0.4) is 0 Å². The summed E-state index contributed by atoms with van der Waals surface area (Å²) in [6.07, 6.45) is 0. The second-order valence-corrected chi connectivity index (χ2v) is 23.3. The second kappa shape index (κ2) is 20.9. The van der Waals surface area contributed by atoms with E-state index in [4.69, 9.17) is 0 Å². The first-order chi connectivity index (χ1) is 43.4. The molecule has 4 heterocycles. The summed E-state index contributed by atoms with van der Waals surface area (Å²) in [6.45, 7) is 0.658. The van der Waals surface area contributed by atoms with Crippen molar-refractivity contribution in [2.75, 3.05) is 24.5 Å². The molecule has 0 bridgehead atoms. The molecular formula is C73H43B2F8N5S. The Kier molecular flexibility index (Phi) is 12.7. The summed E-state index contributed by atoms with van der Waals surface area (Å²) in [5, 5.41) is 0. The van der Waals surface area contributed by atoms with Gasteiger partial charge in [-0.15, -0.1) is 0 Å². The van der Waals surface area contributed by atoms with Gasteiger partial charge in [0, 0.05) is 66.7 Å². The first kappa shape index (κ1) is 54.0. The fourth-order valence-electron chi connectivity index (χ4n) is 13.7. The molecule has 0 aliphatic carbocycles. The minimum Gasteiger partial charge on any atom is -0.311 e. The maximum absolute atomic E-state index is 17.0. The monoisotopic (exact) mass is 1200 g/mol. The zero-order chi connectivity index (χ0) is 60.5. The van der Waals surface area contributed by atoms with Crippen LogP contribution in [0, 0.1) is 53.5 Å². The maximum atomic E-state index is 17.0. The van der Waals surface area contributed by atoms with Crippen LogP contribution in [0.25, 0.3) is 0 Å². The molecule has 0 aromatic heterocycles. The quantitative estimate of drug-likeness (QED) is 0.105. The van der Waals surface area contributed by atoms with Gasteiger partial charge in [-0.3, -0.25) is 0 Å². The summed E-state index contributed by atoms with van der Waals surface area (Å²) in [5.41, 5.74) is 8.66. The molecule has 0 N–H and O–H groups in total. The third kappa shape index (κ3) is 8.33. The van der Waals surface area contributed by atoms with Crippen LogP contribution in [-0.4, -0.2) is 13.4 Å². The fraction of sp³-hybridized carbons (Fsp3) is 0.0137. The summed E-state index contributed by atoms with van der Waals surface area (Å²) in [7, 11) is 0. The van der Waals surface area contributed by atoms with Crippen LogP contribution in [0.15, 0.2) is 252 Å². The lowest BCUT2D eigenvalue weighted by Crippen LogP contribution is -2.64. The van der Waals surface area contributed by atoms with Gasteiger partial charge in [0.05, 0.1) is 5.69 Å². The highest BCUT2D eigenvalue weighted by Gasteiger charge is 2.49. The number of aryl methyl sites for hydroxylation is 1. The van der Waals surface area contributed by atoms with Crippen LogP contribution < -0.4 is 57.3 Å². The van der Waals surface area contributed by atoms with Crippen molar-refractivity contribution in [2.45, 2.75) is 16.7 Å². The zero-order valence-electron chi connectivity index (χ0n) is 46.9. The molecule has 16 rings (SSSR count). The molecule has 0 fully saturated rings. The van der Waals surface area contributed by atoms with Gasteiger partial charge in [0.15, 0.2) is 0 Å². The van der Waals surface area contributed by atoms with E-state index < -0.39 is 60.0 Å². The van der Waals surface area contributed by atoms with Gasteiger partial charge in [0.2, 0.25) is 6.71 Å². The van der Waals surface area contributed by atoms with Gasteiger partial charge in [-0.25, -0.2) is 35.1 Å². The van der Waals surface area contributed by atoms with Crippen LogP contribution >= 0.6 is 11.8 Å². The Hall–Kier alpha value is -10.4. The highest BCUT2D eigenvalue weighted by Crippen LogP contribution is 2.53. The third-order valence-electron chi connectivity index (χ3n) is 17.3. The molecule has 12 aromatic carbocycles. The summed E-state index contributed by atoms with van der Waals surface area (Å²) in [6, 6.07) is 66.4. The second-order valence-electron chi connectivity index (χ2n) is 22.2. The lowest BCUT2D eigenvalue weighted by atomic mass is 9.31. The van der Waals surface area contributed by atoms with E-state index in [0.717, 1.165) is 27.1 Å². The number of benzene rings is 12. The van der Waals surface area contributed by atoms with Gasteiger partial charge < -0.3 is 24.5 Å². The predicted molar refractivity (Wildman–Crippen MR) is 344 cm³/mol. The number of hydrogen-bond acceptors (Lipinski definition) is 6. The molecule has 0 atom stereocenters. The lowest BCUT2D eigenvalue weighted by Gasteiger charge is -2.46. The van der Waals surface area contributed by atoms with E-state index in [1.54, 1.807) is 94.7 Å². The van der Waals surface area contributed by atoms with E-state index in [9.17, 15) is 0 Å². The SMILES string of the molecule is Cc1ccccc1N1c2cc3c(cc2B2c4ccccc4N(c4c(F)cccc4F)c4cc(N(c5ccccc5)c5c(F)cccc5F)cc1c42)B1c2ccccc2N(c2c(F)cccc2F)c2cc(N(c4ccccc4)c4c(F)cccc4F)cc(c21)S3. The number of anilines is 15. The zero-order valence-corrected chi connectivity index (χ0v) is 47.7. The first-order valence-corrected chi connectivity index (χ1v) is 29.6. The van der Waals surface area contributed by atoms with Crippen molar-refractivity contribution in [2.24, 2.45) is 0 Å². The Bertz CT molecular complexity index is 4840. The summed E-state index contributed by atoms with van der Waals surface area (Å²) in [5.74, 6) is -6.76. The summed E-state index contributed by atoms with van der Waals surface area (Å²) < 4.78 is 134. The molecule has 16 heteroatoms. The van der Waals surface area contributed by atoms with E-state index in [-0.39, 0.29) is 28.4 Å². The molecule has 0 radical (unpaired) electrons. The van der Waals surface area contributed by atoms with E-state index in [2.05, 4.69) is 17.0 Å². The fourth-order valence-corrected chi connectivity index (χ4v) is 14.9. The molecular weight excluding hydrogens is 1150 g/mol. The first-order valence-electron chi connectivity index (χ1n) is 28.7. The van der Waals surface area contributed by atoms with E-state index in [1.165, 1.54) is 94.4 Å². The normalized spacial score (nSPS) is 13.1. The van der Waals surface area contributed by atoms with Crippen molar-refractivity contribution >= 4 is 143 Å². The largest absolute Gasteiger partial charge is 0.311 e. The van der Waals surface area contributed by atoms with Crippen LogP contribution in [0.1, 0.15) is 5.56 Å². The number of halogens is 8. The highest BCUT2D eigenvalue weighted by molar-refractivity contribution is 8.00. The van der Waals surface area contributed by atoms with Gasteiger partial charge in [0.1, 0.15) is 69.3 Å². The van der Waals surface area contributed by atoms with Crippen molar-refractivity contribution in [3.8, 4) is 0 Å². The lowest BCUT2D eigenvalue weighted by molar-refractivity contribution is 0.584. The molecule has 0 saturated heterocycles. The molecule has 4 aliphatic rings. The van der Waals surface area contributed by atoms with Gasteiger partial charge in [-0.05, 0) is 161 Å². The Balaban J connectivity index is 1.01. The third-order valence-corrected chi connectivity index (χ3v) is 18.4. The van der Waals surface area contributed by atoms with Crippen LogP contribution in [0.5, 0.6) is 0 Å². The van der Waals surface area contributed by atoms with Gasteiger partial charge in [0.25, 0.3) is 6.71 Å². The van der Waals surface area contributed by atoms with Crippen molar-refractivity contribution in [1.82, 2.24) is 0 Å². The molecule has 0 spiro atoms. The Morgan fingerprint density at radius 3 is 1.17 bits per heavy atom. The molecule has 0 unspecified atom stereocenters. The Morgan fingerprint density at radius 2 is 0.685 bits per heavy atom. The molecule has 4 aliphatic heterocycles. The number of fused-ring (bicyclic) bond motifs is 8. The summed E-state index contributed by atoms with van der Waals surface area (Å²) in [4.78, 5) is 9.58. The topological polar surface area (TPSA) is 16.2 Å². The van der Waals surface area contributed by atoms with Crippen molar-refractivity contribution in [1.29, 1.82) is 0 Å². The minimum atomic E-state index is -0.853. The average molecular weight is 1200 g/mol. The van der Waals surface area contributed by atoms with E-state index in [0.29, 0.717) is 77.9 Å². The van der Waals surface area contributed by atoms with Crippen molar-refractivity contribution in [3.05, 3.63) is 295 Å². The number of para-hydroxylation sites is 9. The number of hydrogen-bond donors (Lipinski definition) is 0. The minimum absolute atomic E-state index is 0.265. The Labute approximate surface area is 511 Å². The summed E-state index contributed by atoms with van der Waals surface area (Å²) >= 11 is 1.40. The van der Waals surface area contributed by atoms with Gasteiger partial charge in [-0.1, -0.05) is 139 Å². The predicted octanol–water partition coefficient (Wildman–Crippen LogP) is 16.9.